The lowest BCUT2D eigenvalue weighted by atomic mass is 9.92. The fraction of sp³-hybridized carbons (Fsp3) is 0.381. The van der Waals surface area contributed by atoms with E-state index in [4.69, 9.17) is 0 Å². The Hall–Kier alpha value is -2.18. The lowest BCUT2D eigenvalue weighted by molar-refractivity contribution is -0.141. The fourth-order valence-corrected chi connectivity index (χ4v) is 3.93. The van der Waals surface area contributed by atoms with Crippen LogP contribution in [0.5, 0.6) is 0 Å². The van der Waals surface area contributed by atoms with Crippen molar-refractivity contribution >= 4 is 21.7 Å². The first kappa shape index (κ1) is 18.2. The number of hydrogen-bond acceptors (Lipinski definition) is 3. The second kappa shape index (κ2) is 7.09. The minimum absolute atomic E-state index is 0.117. The summed E-state index contributed by atoms with van der Waals surface area (Å²) in [5.74, 6) is 0. The maximum atomic E-state index is 13.5. The summed E-state index contributed by atoms with van der Waals surface area (Å²) in [4.78, 5) is 3.91. The van der Waals surface area contributed by atoms with Gasteiger partial charge >= 0.3 is 6.18 Å². The molecule has 2 aromatic carbocycles. The second-order valence-corrected chi connectivity index (χ2v) is 7.18. The molecule has 142 valence electrons. The number of aliphatic hydroxyl groups is 1. The van der Waals surface area contributed by atoms with E-state index >= 15 is 0 Å². The van der Waals surface area contributed by atoms with Gasteiger partial charge in [-0.2, -0.15) is 13.2 Å². The van der Waals surface area contributed by atoms with Gasteiger partial charge in [-0.15, -0.1) is 0 Å². The van der Waals surface area contributed by atoms with Crippen LogP contribution in [-0.2, 0) is 6.18 Å². The van der Waals surface area contributed by atoms with E-state index in [1.54, 1.807) is 18.2 Å². The molecule has 0 amide bonds. The predicted molar refractivity (Wildman–Crippen MR) is 99.5 cm³/mol. The third kappa shape index (κ3) is 3.64. The smallest absolute Gasteiger partial charge is 0.388 e. The molecule has 1 aromatic heterocycles. The van der Waals surface area contributed by atoms with Crippen LogP contribution in [0.15, 0.2) is 42.5 Å². The molecule has 3 nitrogen and oxygen atoms in total. The Morgan fingerprint density at radius 3 is 2.67 bits per heavy atom. The summed E-state index contributed by atoms with van der Waals surface area (Å²) in [5, 5.41) is 16.2. The van der Waals surface area contributed by atoms with E-state index in [1.165, 1.54) is 0 Å². The van der Waals surface area contributed by atoms with Crippen molar-refractivity contribution in [1.82, 2.24) is 10.3 Å². The molecule has 2 N–H and O–H groups in total. The van der Waals surface area contributed by atoms with E-state index in [0.29, 0.717) is 22.8 Å². The van der Waals surface area contributed by atoms with Gasteiger partial charge in [0.05, 0.1) is 11.6 Å². The Morgan fingerprint density at radius 1 is 1.11 bits per heavy atom. The number of piperidine rings is 1. The summed E-state index contributed by atoms with van der Waals surface area (Å²) in [6.45, 7) is 0.882. The van der Waals surface area contributed by atoms with Crippen molar-refractivity contribution in [2.24, 2.45) is 0 Å². The van der Waals surface area contributed by atoms with E-state index in [2.05, 4.69) is 10.3 Å². The number of nitrogens with one attached hydrogen (secondary N) is 1. The van der Waals surface area contributed by atoms with Crippen molar-refractivity contribution in [2.45, 2.75) is 44.0 Å². The van der Waals surface area contributed by atoms with Crippen molar-refractivity contribution in [3.05, 3.63) is 53.7 Å². The summed E-state index contributed by atoms with van der Waals surface area (Å²) >= 11 is 0. The van der Waals surface area contributed by atoms with E-state index in [9.17, 15) is 18.3 Å². The molecule has 0 aliphatic carbocycles. The lowest BCUT2D eigenvalue weighted by Crippen LogP contribution is -2.35. The zero-order valence-electron chi connectivity index (χ0n) is 14.8. The number of aliphatic hydroxyl groups excluding tert-OH is 1. The first-order chi connectivity index (χ1) is 12.9. The maximum Gasteiger partial charge on any atom is 0.433 e. The molecule has 27 heavy (non-hydrogen) atoms. The topological polar surface area (TPSA) is 45.1 Å². The highest BCUT2D eigenvalue weighted by Gasteiger charge is 2.34. The van der Waals surface area contributed by atoms with Gasteiger partial charge in [0, 0.05) is 16.8 Å². The van der Waals surface area contributed by atoms with Crippen molar-refractivity contribution in [1.29, 1.82) is 0 Å². The number of aromatic nitrogens is 1. The molecule has 2 heterocycles. The van der Waals surface area contributed by atoms with E-state index in [1.807, 2.05) is 18.2 Å². The van der Waals surface area contributed by atoms with Crippen molar-refractivity contribution in [2.75, 3.05) is 6.54 Å². The van der Waals surface area contributed by atoms with Gasteiger partial charge < -0.3 is 10.4 Å². The summed E-state index contributed by atoms with van der Waals surface area (Å²) in [6.07, 6.45) is -2.07. The van der Waals surface area contributed by atoms with Crippen LogP contribution in [0.25, 0.3) is 21.7 Å². The van der Waals surface area contributed by atoms with Gasteiger partial charge in [-0.05, 0) is 42.8 Å². The molecule has 4 rings (SSSR count). The average molecular weight is 374 g/mol. The molecule has 0 radical (unpaired) electrons. The number of hydrogen-bond donors (Lipinski definition) is 2. The molecular weight excluding hydrogens is 353 g/mol. The first-order valence-electron chi connectivity index (χ1n) is 9.24. The monoisotopic (exact) mass is 374 g/mol. The Bertz CT molecular complexity index is 965. The summed E-state index contributed by atoms with van der Waals surface area (Å²) < 4.78 is 40.4. The zero-order valence-corrected chi connectivity index (χ0v) is 14.8. The molecule has 0 spiro atoms. The van der Waals surface area contributed by atoms with Crippen molar-refractivity contribution < 1.29 is 18.3 Å². The minimum atomic E-state index is -4.57. The molecule has 0 saturated carbocycles. The van der Waals surface area contributed by atoms with Crippen molar-refractivity contribution in [3.8, 4) is 0 Å². The second-order valence-electron chi connectivity index (χ2n) is 7.18. The highest BCUT2D eigenvalue weighted by molar-refractivity contribution is 6.06. The fourth-order valence-electron chi connectivity index (χ4n) is 3.93. The van der Waals surface area contributed by atoms with Crippen LogP contribution in [0.1, 0.15) is 43.0 Å². The molecule has 2 atom stereocenters. The Balaban J connectivity index is 1.85. The Labute approximate surface area is 155 Å². The third-order valence-corrected chi connectivity index (χ3v) is 5.31. The van der Waals surface area contributed by atoms with Crippen LogP contribution >= 0.6 is 0 Å². The van der Waals surface area contributed by atoms with Gasteiger partial charge in [-0.3, -0.25) is 0 Å². The molecule has 2 unspecified atom stereocenters. The van der Waals surface area contributed by atoms with Crippen LogP contribution in [0, 0.1) is 0 Å². The number of nitrogens with zero attached hydrogens (tertiary/aromatic N) is 1. The summed E-state index contributed by atoms with van der Waals surface area (Å²) in [7, 11) is 0. The van der Waals surface area contributed by atoms with Crippen molar-refractivity contribution in [3.63, 3.8) is 0 Å². The largest absolute Gasteiger partial charge is 0.433 e. The van der Waals surface area contributed by atoms with Crippen LogP contribution in [0.2, 0.25) is 0 Å². The van der Waals surface area contributed by atoms with Gasteiger partial charge in [-0.25, -0.2) is 4.98 Å². The van der Waals surface area contributed by atoms with Crippen LogP contribution in [0.3, 0.4) is 0 Å². The minimum Gasteiger partial charge on any atom is -0.388 e. The Kier molecular flexibility index (Phi) is 4.78. The standard InChI is InChI=1S/C21H21F3N2O/c22-21(23,24)19-12-17(18(27)11-14-6-3-4-10-25-14)16-9-8-13-5-1-2-7-15(13)20(16)26-19/h1-2,5,7-9,12,14,18,25,27H,3-4,6,10-11H2. The quantitative estimate of drug-likeness (QED) is 0.636. The normalized spacial score (nSPS) is 19.5. The van der Waals surface area contributed by atoms with Gasteiger partial charge in [0.15, 0.2) is 0 Å². The predicted octanol–water partition coefficient (Wildman–Crippen LogP) is 4.97. The number of benzene rings is 2. The van der Waals surface area contributed by atoms with Gasteiger partial charge in [0.2, 0.25) is 0 Å². The third-order valence-electron chi connectivity index (χ3n) is 5.31. The molecule has 0 bridgehead atoms. The molecule has 1 aliphatic heterocycles. The SMILES string of the molecule is OC(CC1CCCCN1)c1cc(C(F)(F)F)nc2c1ccc1ccccc12. The number of alkyl halides is 3. The molecular formula is C21H21F3N2O. The molecule has 1 saturated heterocycles. The van der Waals surface area contributed by atoms with Crippen LogP contribution in [0.4, 0.5) is 13.2 Å². The maximum absolute atomic E-state index is 13.5. The lowest BCUT2D eigenvalue weighted by Gasteiger charge is -2.26. The Morgan fingerprint density at radius 2 is 1.93 bits per heavy atom. The number of rotatable bonds is 3. The average Bonchev–Trinajstić information content (AvgIpc) is 2.67. The van der Waals surface area contributed by atoms with Gasteiger partial charge in [0.25, 0.3) is 0 Å². The first-order valence-corrected chi connectivity index (χ1v) is 9.24. The number of halogens is 3. The highest BCUT2D eigenvalue weighted by Crippen LogP contribution is 2.36. The number of pyridine rings is 1. The van der Waals surface area contributed by atoms with Gasteiger partial charge in [-0.1, -0.05) is 42.8 Å². The molecule has 1 fully saturated rings. The number of fused-ring (bicyclic) bond motifs is 3. The van der Waals surface area contributed by atoms with Crippen LogP contribution < -0.4 is 5.32 Å². The summed E-state index contributed by atoms with van der Waals surface area (Å²) in [6, 6.07) is 12.0. The summed E-state index contributed by atoms with van der Waals surface area (Å²) in [5.41, 5.74) is -0.379. The van der Waals surface area contributed by atoms with E-state index in [-0.39, 0.29) is 11.6 Å². The highest BCUT2D eigenvalue weighted by atomic mass is 19.4. The molecule has 1 aliphatic rings. The zero-order chi connectivity index (χ0) is 19.0. The van der Waals surface area contributed by atoms with E-state index in [0.717, 1.165) is 37.3 Å². The van der Waals surface area contributed by atoms with Gasteiger partial charge in [0.1, 0.15) is 5.69 Å². The van der Waals surface area contributed by atoms with E-state index < -0.39 is 18.0 Å². The molecule has 3 aromatic rings. The molecule has 6 heteroatoms. The van der Waals surface area contributed by atoms with Crippen LogP contribution in [-0.4, -0.2) is 22.7 Å².